The van der Waals surface area contributed by atoms with Crippen LogP contribution in [0.15, 0.2) is 18.5 Å². The van der Waals surface area contributed by atoms with Crippen LogP contribution in [0, 0.1) is 5.92 Å². The van der Waals surface area contributed by atoms with Gasteiger partial charge in [0.25, 0.3) is 0 Å². The van der Waals surface area contributed by atoms with E-state index in [-0.39, 0.29) is 0 Å². The van der Waals surface area contributed by atoms with Crippen molar-refractivity contribution < 1.29 is 9.53 Å². The number of hydrogen-bond acceptors (Lipinski definition) is 6. The second-order valence-electron chi connectivity index (χ2n) is 7.05. The number of esters is 1. The minimum atomic E-state index is -0.396. The summed E-state index contributed by atoms with van der Waals surface area (Å²) in [6.07, 6.45) is 14.6. The molecule has 0 radical (unpaired) electrons. The molecule has 2 aliphatic rings. The monoisotopic (exact) mass is 344 g/mol. The maximum Gasteiger partial charge on any atom is 0.330 e. The van der Waals surface area contributed by atoms with Crippen LogP contribution in [0.2, 0.25) is 0 Å². The molecule has 1 N–H and O–H groups in total. The molecule has 0 amide bonds. The molecule has 0 aromatic carbocycles. The molecule has 6 nitrogen and oxygen atoms in total. The van der Waals surface area contributed by atoms with Gasteiger partial charge in [-0.15, -0.1) is 0 Å². The van der Waals surface area contributed by atoms with E-state index in [1.807, 2.05) is 0 Å². The van der Waals surface area contributed by atoms with Crippen molar-refractivity contribution in [1.29, 1.82) is 0 Å². The Morgan fingerprint density at radius 3 is 2.88 bits per heavy atom. The van der Waals surface area contributed by atoms with Crippen LogP contribution in [0.1, 0.15) is 44.2 Å². The van der Waals surface area contributed by atoms with Crippen molar-refractivity contribution >= 4 is 17.9 Å². The Kier molecular flexibility index (Phi) is 6.39. The van der Waals surface area contributed by atoms with E-state index in [4.69, 9.17) is 0 Å². The number of nitrogens with zero attached hydrogens (tertiary/aromatic N) is 3. The standard InChI is InChI=1S/C19H28N4O2/c1-25-19(24)7-6-16-12-21-18(13-20-16)22-17-9-11-23(14-17)10-8-15-4-2-3-5-15/h6-7,12-13,15,17H,2-5,8-11,14H2,1H3,(H,21,22)/t17-/m1/s1. The van der Waals surface area contributed by atoms with Crippen LogP contribution < -0.4 is 5.32 Å². The molecule has 1 aliphatic heterocycles. The lowest BCUT2D eigenvalue weighted by molar-refractivity contribution is -0.134. The van der Waals surface area contributed by atoms with E-state index in [0.29, 0.717) is 11.7 Å². The third kappa shape index (κ3) is 5.53. The summed E-state index contributed by atoms with van der Waals surface area (Å²) in [6, 6.07) is 0.439. The predicted octanol–water partition coefficient (Wildman–Crippen LogP) is 2.73. The smallest absolute Gasteiger partial charge is 0.330 e. The van der Waals surface area contributed by atoms with Crippen LogP contribution >= 0.6 is 0 Å². The molecule has 6 heteroatoms. The second-order valence-corrected chi connectivity index (χ2v) is 7.05. The highest BCUT2D eigenvalue weighted by molar-refractivity contribution is 5.86. The van der Waals surface area contributed by atoms with Gasteiger partial charge in [-0.3, -0.25) is 4.98 Å². The Morgan fingerprint density at radius 1 is 1.32 bits per heavy atom. The van der Waals surface area contributed by atoms with Gasteiger partial charge in [-0.2, -0.15) is 0 Å². The van der Waals surface area contributed by atoms with Crippen LogP contribution in [0.3, 0.4) is 0 Å². The molecule has 1 atom stereocenters. The minimum absolute atomic E-state index is 0.396. The Hall–Kier alpha value is -1.95. The summed E-state index contributed by atoms with van der Waals surface area (Å²) >= 11 is 0. The topological polar surface area (TPSA) is 67.3 Å². The lowest BCUT2D eigenvalue weighted by atomic mass is 10.0. The lowest BCUT2D eigenvalue weighted by Crippen LogP contribution is -2.28. The molecule has 0 spiro atoms. The molecule has 2 fully saturated rings. The second kappa shape index (κ2) is 8.94. The van der Waals surface area contributed by atoms with Crippen molar-refractivity contribution in [1.82, 2.24) is 14.9 Å². The third-order valence-corrected chi connectivity index (χ3v) is 5.22. The summed E-state index contributed by atoms with van der Waals surface area (Å²) in [5, 5.41) is 3.47. The maximum absolute atomic E-state index is 11.1. The first-order chi connectivity index (χ1) is 12.2. The number of ether oxygens (including phenoxy) is 1. The van der Waals surface area contributed by atoms with Crippen LogP contribution in [0.4, 0.5) is 5.82 Å². The first-order valence-corrected chi connectivity index (χ1v) is 9.30. The summed E-state index contributed by atoms with van der Waals surface area (Å²) < 4.78 is 4.56. The van der Waals surface area contributed by atoms with Crippen LogP contribution in [0.5, 0.6) is 0 Å². The number of rotatable bonds is 7. The molecule has 2 heterocycles. The van der Waals surface area contributed by atoms with Crippen molar-refractivity contribution in [3.8, 4) is 0 Å². The van der Waals surface area contributed by atoms with E-state index in [1.54, 1.807) is 18.5 Å². The molecule has 1 saturated heterocycles. The minimum Gasteiger partial charge on any atom is -0.466 e. The zero-order valence-electron chi connectivity index (χ0n) is 15.0. The van der Waals surface area contributed by atoms with E-state index >= 15 is 0 Å². The van der Waals surface area contributed by atoms with Crippen molar-refractivity contribution in [2.75, 3.05) is 32.1 Å². The quantitative estimate of drug-likeness (QED) is 0.606. The Bertz CT molecular complexity index is 582. The fourth-order valence-electron chi connectivity index (χ4n) is 3.75. The normalized spacial score (nSPS) is 21.9. The van der Waals surface area contributed by atoms with Gasteiger partial charge in [-0.05, 0) is 31.4 Å². The summed E-state index contributed by atoms with van der Waals surface area (Å²) in [7, 11) is 1.35. The van der Waals surface area contributed by atoms with Gasteiger partial charge >= 0.3 is 5.97 Å². The fourth-order valence-corrected chi connectivity index (χ4v) is 3.75. The van der Waals surface area contributed by atoms with Gasteiger partial charge in [0, 0.05) is 25.2 Å². The van der Waals surface area contributed by atoms with Crippen molar-refractivity contribution in [3.63, 3.8) is 0 Å². The number of methoxy groups -OCH3 is 1. The molecule has 1 aliphatic carbocycles. The van der Waals surface area contributed by atoms with E-state index in [0.717, 1.165) is 31.2 Å². The first-order valence-electron chi connectivity index (χ1n) is 9.30. The number of hydrogen-bond donors (Lipinski definition) is 1. The highest BCUT2D eigenvalue weighted by atomic mass is 16.5. The summed E-state index contributed by atoms with van der Waals surface area (Å²) in [5.41, 5.74) is 0.639. The van der Waals surface area contributed by atoms with Gasteiger partial charge in [-0.1, -0.05) is 25.7 Å². The highest BCUT2D eigenvalue weighted by Gasteiger charge is 2.24. The Balaban J connectivity index is 1.41. The van der Waals surface area contributed by atoms with Gasteiger partial charge in [0.15, 0.2) is 0 Å². The fraction of sp³-hybridized carbons (Fsp3) is 0.632. The van der Waals surface area contributed by atoms with Crippen LogP contribution in [-0.2, 0) is 9.53 Å². The van der Waals surface area contributed by atoms with Gasteiger partial charge in [0.1, 0.15) is 5.82 Å². The lowest BCUT2D eigenvalue weighted by Gasteiger charge is -2.19. The zero-order chi connectivity index (χ0) is 17.5. The van der Waals surface area contributed by atoms with Gasteiger partial charge < -0.3 is 15.0 Å². The number of carbonyl (C=O) groups is 1. The number of anilines is 1. The van der Waals surface area contributed by atoms with Gasteiger partial charge in [0.05, 0.1) is 25.2 Å². The Labute approximate surface area is 149 Å². The third-order valence-electron chi connectivity index (χ3n) is 5.22. The SMILES string of the molecule is COC(=O)C=Cc1cnc(N[C@@H]2CCN(CCC3CCCC3)C2)cn1. The molecule has 1 saturated carbocycles. The summed E-state index contributed by atoms with van der Waals surface area (Å²) in [6.45, 7) is 3.47. The molecular formula is C19H28N4O2. The highest BCUT2D eigenvalue weighted by Crippen LogP contribution is 2.28. The van der Waals surface area contributed by atoms with Crippen molar-refractivity contribution in [2.24, 2.45) is 5.92 Å². The van der Waals surface area contributed by atoms with E-state index in [1.165, 1.54) is 51.8 Å². The number of aromatic nitrogens is 2. The average Bonchev–Trinajstić information content (AvgIpc) is 3.31. The summed E-state index contributed by atoms with van der Waals surface area (Å²) in [4.78, 5) is 22.3. The van der Waals surface area contributed by atoms with E-state index in [9.17, 15) is 4.79 Å². The maximum atomic E-state index is 11.1. The van der Waals surface area contributed by atoms with Gasteiger partial charge in [-0.25, -0.2) is 9.78 Å². The number of nitrogens with one attached hydrogen (secondary N) is 1. The van der Waals surface area contributed by atoms with Crippen molar-refractivity contribution in [3.05, 3.63) is 24.2 Å². The number of carbonyl (C=O) groups excluding carboxylic acids is 1. The average molecular weight is 344 g/mol. The molecule has 25 heavy (non-hydrogen) atoms. The molecule has 1 aromatic rings. The first kappa shape index (κ1) is 17.9. The molecule has 0 unspecified atom stereocenters. The Morgan fingerprint density at radius 2 is 2.16 bits per heavy atom. The van der Waals surface area contributed by atoms with E-state index in [2.05, 4.69) is 24.9 Å². The number of likely N-dealkylation sites (tertiary alicyclic amines) is 1. The van der Waals surface area contributed by atoms with Crippen molar-refractivity contribution in [2.45, 2.75) is 44.6 Å². The summed E-state index contributed by atoms with van der Waals surface area (Å²) in [5.74, 6) is 1.36. The molecular weight excluding hydrogens is 316 g/mol. The molecule has 136 valence electrons. The molecule has 1 aromatic heterocycles. The predicted molar refractivity (Wildman–Crippen MR) is 98.1 cm³/mol. The molecule has 3 rings (SSSR count). The zero-order valence-corrected chi connectivity index (χ0v) is 15.0. The largest absolute Gasteiger partial charge is 0.466 e. The van der Waals surface area contributed by atoms with E-state index < -0.39 is 5.97 Å². The van der Waals surface area contributed by atoms with Gasteiger partial charge in [0.2, 0.25) is 0 Å². The molecule has 0 bridgehead atoms. The van der Waals surface area contributed by atoms with Crippen LogP contribution in [-0.4, -0.2) is 53.6 Å². The van der Waals surface area contributed by atoms with Crippen LogP contribution in [0.25, 0.3) is 6.08 Å².